The number of benzene rings is 1. The van der Waals surface area contributed by atoms with Gasteiger partial charge in [0.1, 0.15) is 5.54 Å². The average Bonchev–Trinajstić information content (AvgIpc) is 3.62. The van der Waals surface area contributed by atoms with Crippen LogP contribution < -0.4 is 5.32 Å². The van der Waals surface area contributed by atoms with Gasteiger partial charge < -0.3 is 15.0 Å². The fourth-order valence-corrected chi connectivity index (χ4v) is 8.41. The third kappa shape index (κ3) is 6.03. The van der Waals surface area contributed by atoms with Gasteiger partial charge >= 0.3 is 6.03 Å². The Kier molecular flexibility index (Phi) is 9.41. The summed E-state index contributed by atoms with van der Waals surface area (Å²) in [6.07, 6.45) is 4.52. The van der Waals surface area contributed by atoms with Gasteiger partial charge in [0.05, 0.1) is 18.7 Å². The van der Waals surface area contributed by atoms with E-state index in [1.165, 1.54) is 4.90 Å². The van der Waals surface area contributed by atoms with Crippen molar-refractivity contribution < 1.29 is 27.9 Å². The van der Waals surface area contributed by atoms with E-state index in [0.717, 1.165) is 24.9 Å². The number of rotatable bonds is 8. The summed E-state index contributed by atoms with van der Waals surface area (Å²) in [7, 11) is 0. The molecule has 5 aliphatic rings. The van der Waals surface area contributed by atoms with E-state index in [1.807, 2.05) is 49.1 Å². The molecule has 4 saturated heterocycles. The molecular weight excluding hydrogens is 578 g/mol. The van der Waals surface area contributed by atoms with Crippen molar-refractivity contribution in [1.29, 1.82) is 0 Å². The Labute approximate surface area is 259 Å². The maximum absolute atomic E-state index is 14.1. The quantitative estimate of drug-likeness (QED) is 0.398. The highest BCUT2D eigenvalue weighted by molar-refractivity contribution is 6.07. The Hall–Kier alpha value is -2.30. The molecule has 2 bridgehead atoms. The number of nitrogens with zero attached hydrogens (tertiary/aromatic N) is 3. The van der Waals surface area contributed by atoms with Crippen molar-refractivity contribution in [2.75, 3.05) is 19.8 Å². The number of carbonyl (C=O) groups is 3. The SMILES string of the molecule is CC(C)N1C(=O)N(C2CCOC2)C(=O)C12CC1CCC(C2)N1CC[C@H](NC(=O)C1CCC(F)(F)CC1)c1ccccc1.Cl. The number of amides is 4. The van der Waals surface area contributed by atoms with Gasteiger partial charge in [-0.1, -0.05) is 30.3 Å². The number of imide groups is 1. The smallest absolute Gasteiger partial charge is 0.328 e. The fraction of sp³-hybridized carbons (Fsp3) is 0.719. The highest BCUT2D eigenvalue weighted by Crippen LogP contribution is 2.49. The summed E-state index contributed by atoms with van der Waals surface area (Å²) in [4.78, 5) is 46.8. The van der Waals surface area contributed by atoms with Crippen LogP contribution in [0, 0.1) is 5.92 Å². The van der Waals surface area contributed by atoms with E-state index in [4.69, 9.17) is 4.74 Å². The summed E-state index contributed by atoms with van der Waals surface area (Å²) >= 11 is 0. The average molecular weight is 623 g/mol. The van der Waals surface area contributed by atoms with Gasteiger partial charge in [-0.2, -0.15) is 0 Å². The number of urea groups is 1. The van der Waals surface area contributed by atoms with Crippen molar-refractivity contribution >= 4 is 30.3 Å². The van der Waals surface area contributed by atoms with Gasteiger partial charge in [0.15, 0.2) is 0 Å². The van der Waals surface area contributed by atoms with Gasteiger partial charge in [0.25, 0.3) is 5.91 Å². The number of hydrogen-bond acceptors (Lipinski definition) is 5. The summed E-state index contributed by atoms with van der Waals surface area (Å²) in [5.74, 6) is -3.25. The van der Waals surface area contributed by atoms with E-state index in [2.05, 4.69) is 10.2 Å². The fourth-order valence-electron chi connectivity index (χ4n) is 8.41. The van der Waals surface area contributed by atoms with E-state index >= 15 is 0 Å². The van der Waals surface area contributed by atoms with E-state index in [9.17, 15) is 23.2 Å². The first-order valence-electron chi connectivity index (χ1n) is 15.8. The van der Waals surface area contributed by atoms with Crippen LogP contribution in [-0.4, -0.2) is 87.9 Å². The molecule has 43 heavy (non-hydrogen) atoms. The minimum absolute atomic E-state index is 0. The molecule has 238 valence electrons. The second kappa shape index (κ2) is 12.6. The lowest BCUT2D eigenvalue weighted by Crippen LogP contribution is -2.61. The molecule has 5 fully saturated rings. The largest absolute Gasteiger partial charge is 0.379 e. The van der Waals surface area contributed by atoms with Crippen LogP contribution in [0.3, 0.4) is 0 Å². The minimum atomic E-state index is -2.67. The van der Waals surface area contributed by atoms with E-state index in [-0.39, 0.29) is 92.1 Å². The van der Waals surface area contributed by atoms with Crippen LogP contribution in [0.4, 0.5) is 13.6 Å². The predicted molar refractivity (Wildman–Crippen MR) is 160 cm³/mol. The molecule has 1 spiro atoms. The summed E-state index contributed by atoms with van der Waals surface area (Å²) in [5, 5.41) is 3.20. The van der Waals surface area contributed by atoms with Crippen LogP contribution in [0.5, 0.6) is 0 Å². The van der Waals surface area contributed by atoms with Gasteiger partial charge in [-0.3, -0.25) is 19.4 Å². The van der Waals surface area contributed by atoms with Crippen LogP contribution in [0.1, 0.15) is 89.7 Å². The van der Waals surface area contributed by atoms with Crippen molar-refractivity contribution in [2.45, 2.75) is 120 Å². The van der Waals surface area contributed by atoms with Crippen molar-refractivity contribution in [2.24, 2.45) is 5.92 Å². The Morgan fingerprint density at radius 3 is 2.23 bits per heavy atom. The zero-order chi connectivity index (χ0) is 29.6. The molecule has 6 rings (SSSR count). The first-order valence-corrected chi connectivity index (χ1v) is 15.8. The van der Waals surface area contributed by atoms with Crippen LogP contribution in [0.25, 0.3) is 0 Å². The standard InChI is InChI=1S/C32H44F2N4O4.ClH/c1-21(2)38-30(41)37(26-13-17-42-20-26)29(40)31(38)18-24-8-9-25(19-31)36(24)16-12-27(22-6-4-3-5-7-22)35-28(39)23-10-14-32(33,34)15-11-23;/h3-7,21,23-27H,8-20H2,1-2H3,(H,35,39);1H/t24?,25?,26?,27-,31?;/m0./s1. The van der Waals surface area contributed by atoms with Crippen molar-refractivity contribution in [3.63, 3.8) is 0 Å². The van der Waals surface area contributed by atoms with E-state index in [0.29, 0.717) is 38.9 Å². The molecule has 0 aromatic heterocycles. The van der Waals surface area contributed by atoms with Crippen LogP contribution in [0.15, 0.2) is 30.3 Å². The molecule has 3 unspecified atom stereocenters. The molecule has 4 heterocycles. The highest BCUT2D eigenvalue weighted by Gasteiger charge is 2.64. The molecule has 1 saturated carbocycles. The Morgan fingerprint density at radius 2 is 1.65 bits per heavy atom. The molecule has 1 N–H and O–H groups in total. The lowest BCUT2D eigenvalue weighted by Gasteiger charge is -2.48. The zero-order valence-electron chi connectivity index (χ0n) is 25.2. The lowest BCUT2D eigenvalue weighted by molar-refractivity contribution is -0.139. The number of hydrogen-bond donors (Lipinski definition) is 1. The predicted octanol–water partition coefficient (Wildman–Crippen LogP) is 5.31. The summed E-state index contributed by atoms with van der Waals surface area (Å²) < 4.78 is 33.0. The van der Waals surface area contributed by atoms with Crippen molar-refractivity contribution in [3.05, 3.63) is 35.9 Å². The van der Waals surface area contributed by atoms with Crippen LogP contribution in [-0.2, 0) is 14.3 Å². The monoisotopic (exact) mass is 622 g/mol. The second-order valence-corrected chi connectivity index (χ2v) is 13.4. The molecule has 1 aliphatic carbocycles. The zero-order valence-corrected chi connectivity index (χ0v) is 26.0. The maximum atomic E-state index is 14.1. The van der Waals surface area contributed by atoms with Gasteiger partial charge in [0.2, 0.25) is 11.8 Å². The molecule has 0 radical (unpaired) electrons. The molecule has 8 nitrogen and oxygen atoms in total. The van der Waals surface area contributed by atoms with Gasteiger partial charge in [0, 0.05) is 50.0 Å². The first-order chi connectivity index (χ1) is 20.1. The third-order valence-electron chi connectivity index (χ3n) is 10.5. The molecule has 1 aromatic carbocycles. The second-order valence-electron chi connectivity index (χ2n) is 13.4. The number of alkyl halides is 2. The van der Waals surface area contributed by atoms with Gasteiger partial charge in [-0.05, 0) is 70.8 Å². The Balaban J connectivity index is 0.00000368. The molecule has 4 atom stereocenters. The van der Waals surface area contributed by atoms with Gasteiger partial charge in [-0.15, -0.1) is 12.4 Å². The molecule has 1 aromatic rings. The maximum Gasteiger partial charge on any atom is 0.328 e. The van der Waals surface area contributed by atoms with E-state index in [1.54, 1.807) is 0 Å². The van der Waals surface area contributed by atoms with Crippen LogP contribution >= 0.6 is 12.4 Å². The number of nitrogens with one attached hydrogen (secondary N) is 1. The number of ether oxygens (including phenoxy) is 1. The number of halogens is 3. The first kappa shape index (κ1) is 32.1. The molecule has 4 amide bonds. The number of fused-ring (bicyclic) bond motifs is 2. The summed E-state index contributed by atoms with van der Waals surface area (Å²) in [6, 6.07) is 9.53. The molecule has 11 heteroatoms. The molecular formula is C32H45ClF2N4O4. The topological polar surface area (TPSA) is 82.2 Å². The highest BCUT2D eigenvalue weighted by atomic mass is 35.5. The van der Waals surface area contributed by atoms with E-state index < -0.39 is 11.5 Å². The summed E-state index contributed by atoms with van der Waals surface area (Å²) in [5.41, 5.74) is 0.191. The Morgan fingerprint density at radius 1 is 1.00 bits per heavy atom. The Bertz CT molecular complexity index is 1160. The van der Waals surface area contributed by atoms with Gasteiger partial charge in [-0.25, -0.2) is 13.6 Å². The summed E-state index contributed by atoms with van der Waals surface area (Å²) in [6.45, 7) is 5.72. The van der Waals surface area contributed by atoms with Crippen LogP contribution in [0.2, 0.25) is 0 Å². The minimum Gasteiger partial charge on any atom is -0.379 e. The molecule has 4 aliphatic heterocycles. The van der Waals surface area contributed by atoms with Crippen molar-refractivity contribution in [1.82, 2.24) is 20.0 Å². The van der Waals surface area contributed by atoms with Crippen molar-refractivity contribution in [3.8, 4) is 0 Å². The third-order valence-corrected chi connectivity index (χ3v) is 10.5. The number of piperidine rings is 1. The number of carbonyl (C=O) groups excluding carboxylic acids is 3. The lowest BCUT2D eigenvalue weighted by atomic mass is 9.80. The normalized spacial score (nSPS) is 31.6.